The molecule has 2 aromatic heterocycles. The third-order valence-electron chi connectivity index (χ3n) is 4.29. The molecule has 0 fully saturated rings. The first-order valence-corrected chi connectivity index (χ1v) is 8.82. The number of nitrogens with one attached hydrogen (secondary N) is 2. The largest absolute Gasteiger partial charge is 0.336 e. The summed E-state index contributed by atoms with van der Waals surface area (Å²) < 4.78 is 1.69. The molecule has 27 heavy (non-hydrogen) atoms. The van der Waals surface area contributed by atoms with Gasteiger partial charge >= 0.3 is 6.03 Å². The normalized spacial score (nSPS) is 12.0. The van der Waals surface area contributed by atoms with Crippen LogP contribution in [0, 0.1) is 0 Å². The number of hydrogen-bond donors (Lipinski definition) is 2. The van der Waals surface area contributed by atoms with Crippen LogP contribution in [-0.4, -0.2) is 46.3 Å². The van der Waals surface area contributed by atoms with Gasteiger partial charge in [0, 0.05) is 37.2 Å². The molecule has 7 heteroatoms. The van der Waals surface area contributed by atoms with Crippen LogP contribution >= 0.6 is 0 Å². The van der Waals surface area contributed by atoms with Crippen molar-refractivity contribution in [2.24, 2.45) is 0 Å². The Morgan fingerprint density at radius 2 is 1.89 bits per heavy atom. The fourth-order valence-corrected chi connectivity index (χ4v) is 2.87. The van der Waals surface area contributed by atoms with Gasteiger partial charge in [-0.15, -0.1) is 0 Å². The lowest BCUT2D eigenvalue weighted by molar-refractivity contribution is 0.232. The van der Waals surface area contributed by atoms with Crippen molar-refractivity contribution in [3.8, 4) is 5.82 Å². The number of urea groups is 1. The zero-order chi connectivity index (χ0) is 19.1. The van der Waals surface area contributed by atoms with E-state index in [0.29, 0.717) is 18.9 Å². The second-order valence-electron chi connectivity index (χ2n) is 6.39. The molecule has 1 aromatic carbocycles. The lowest BCUT2D eigenvalue weighted by atomic mass is 10.1. The molecule has 3 aromatic rings. The molecule has 0 bridgehead atoms. The maximum atomic E-state index is 12.3. The van der Waals surface area contributed by atoms with Gasteiger partial charge in [-0.1, -0.05) is 36.4 Å². The molecule has 0 aliphatic heterocycles. The first kappa shape index (κ1) is 18.6. The van der Waals surface area contributed by atoms with Gasteiger partial charge < -0.3 is 15.5 Å². The summed E-state index contributed by atoms with van der Waals surface area (Å²) in [4.78, 5) is 18.7. The van der Waals surface area contributed by atoms with Crippen LogP contribution in [0.5, 0.6) is 0 Å². The SMILES string of the molecule is CN(C)C(CNC(=O)NCc1cccnc1-n1cccn1)c1ccccc1. The third kappa shape index (κ3) is 4.92. The lowest BCUT2D eigenvalue weighted by Crippen LogP contribution is -2.40. The van der Waals surface area contributed by atoms with Crippen molar-refractivity contribution >= 4 is 6.03 Å². The predicted molar refractivity (Wildman–Crippen MR) is 104 cm³/mol. The Kier molecular flexibility index (Phi) is 6.17. The van der Waals surface area contributed by atoms with Crippen LogP contribution in [0.3, 0.4) is 0 Å². The Morgan fingerprint density at radius 1 is 1.07 bits per heavy atom. The van der Waals surface area contributed by atoms with E-state index in [1.54, 1.807) is 17.1 Å². The first-order chi connectivity index (χ1) is 13.1. The van der Waals surface area contributed by atoms with Crippen LogP contribution in [0.4, 0.5) is 4.79 Å². The number of nitrogens with zero attached hydrogens (tertiary/aromatic N) is 4. The lowest BCUT2D eigenvalue weighted by Gasteiger charge is -2.25. The summed E-state index contributed by atoms with van der Waals surface area (Å²) in [5.74, 6) is 0.707. The van der Waals surface area contributed by atoms with Gasteiger partial charge in [0.05, 0.1) is 6.04 Å². The van der Waals surface area contributed by atoms with Gasteiger partial charge in [0.25, 0.3) is 0 Å². The Labute approximate surface area is 159 Å². The van der Waals surface area contributed by atoms with E-state index in [1.807, 2.05) is 56.7 Å². The maximum Gasteiger partial charge on any atom is 0.315 e. The fourth-order valence-electron chi connectivity index (χ4n) is 2.87. The molecule has 0 aliphatic rings. The molecular formula is C20H24N6O. The number of rotatable bonds is 7. The summed E-state index contributed by atoms with van der Waals surface area (Å²) in [6, 6.07) is 15.6. The van der Waals surface area contributed by atoms with Gasteiger partial charge in [0.15, 0.2) is 5.82 Å². The van der Waals surface area contributed by atoms with Crippen LogP contribution < -0.4 is 10.6 Å². The standard InChI is InChI=1S/C20H24N6O/c1-25(2)18(16-8-4-3-5-9-16)15-23-20(27)22-14-17-10-6-11-21-19(17)26-13-7-12-24-26/h3-13,18H,14-15H2,1-2H3,(H2,22,23,27). The maximum absolute atomic E-state index is 12.3. The highest BCUT2D eigenvalue weighted by Crippen LogP contribution is 2.16. The van der Waals surface area contributed by atoms with Crippen molar-refractivity contribution in [2.75, 3.05) is 20.6 Å². The summed E-state index contributed by atoms with van der Waals surface area (Å²) in [5.41, 5.74) is 2.06. The summed E-state index contributed by atoms with van der Waals surface area (Å²) in [6.45, 7) is 0.884. The number of carbonyl (C=O) groups excluding carboxylic acids is 1. The first-order valence-electron chi connectivity index (χ1n) is 8.82. The van der Waals surface area contributed by atoms with Crippen LogP contribution in [-0.2, 0) is 6.54 Å². The minimum absolute atomic E-state index is 0.106. The highest BCUT2D eigenvalue weighted by Gasteiger charge is 2.15. The number of pyridine rings is 1. The van der Waals surface area contributed by atoms with Crippen molar-refractivity contribution in [1.29, 1.82) is 0 Å². The van der Waals surface area contributed by atoms with E-state index >= 15 is 0 Å². The zero-order valence-electron chi connectivity index (χ0n) is 15.5. The van der Waals surface area contributed by atoms with Gasteiger partial charge in [0.1, 0.15) is 0 Å². The monoisotopic (exact) mass is 364 g/mol. The highest BCUT2D eigenvalue weighted by atomic mass is 16.2. The molecule has 1 unspecified atom stereocenters. The summed E-state index contributed by atoms with van der Waals surface area (Å²) in [7, 11) is 4.01. The topological polar surface area (TPSA) is 75.1 Å². The molecule has 0 spiro atoms. The van der Waals surface area contributed by atoms with Gasteiger partial charge in [-0.05, 0) is 31.8 Å². The van der Waals surface area contributed by atoms with E-state index < -0.39 is 0 Å². The van der Waals surface area contributed by atoms with Crippen molar-refractivity contribution in [3.05, 3.63) is 78.2 Å². The molecule has 3 rings (SSSR count). The second-order valence-corrected chi connectivity index (χ2v) is 6.39. The molecule has 7 nitrogen and oxygen atoms in total. The van der Waals surface area contributed by atoms with E-state index in [4.69, 9.17) is 0 Å². The van der Waals surface area contributed by atoms with Gasteiger partial charge in [0.2, 0.25) is 0 Å². The van der Waals surface area contributed by atoms with E-state index in [1.165, 1.54) is 0 Å². The summed E-state index contributed by atoms with van der Waals surface area (Å²) in [5, 5.41) is 10.1. The van der Waals surface area contributed by atoms with E-state index in [2.05, 4.69) is 37.7 Å². The Hall–Kier alpha value is -3.19. The molecule has 2 N–H and O–H groups in total. The Morgan fingerprint density at radius 3 is 2.59 bits per heavy atom. The molecule has 0 aliphatic carbocycles. The average Bonchev–Trinajstić information content (AvgIpc) is 3.22. The Balaban J connectivity index is 1.57. The minimum Gasteiger partial charge on any atom is -0.336 e. The number of likely N-dealkylation sites (N-methyl/N-ethyl adjacent to an activating group) is 1. The minimum atomic E-state index is -0.215. The molecule has 140 valence electrons. The molecule has 1 atom stereocenters. The number of hydrogen-bond acceptors (Lipinski definition) is 4. The molecule has 0 radical (unpaired) electrons. The smallest absolute Gasteiger partial charge is 0.315 e. The van der Waals surface area contributed by atoms with Crippen LogP contribution in [0.15, 0.2) is 67.1 Å². The van der Waals surface area contributed by atoms with E-state index in [9.17, 15) is 4.79 Å². The van der Waals surface area contributed by atoms with Crippen LogP contribution in [0.2, 0.25) is 0 Å². The summed E-state index contributed by atoms with van der Waals surface area (Å²) >= 11 is 0. The van der Waals surface area contributed by atoms with Crippen molar-refractivity contribution < 1.29 is 4.79 Å². The summed E-state index contributed by atoms with van der Waals surface area (Å²) in [6.07, 6.45) is 5.24. The molecule has 0 saturated heterocycles. The van der Waals surface area contributed by atoms with Gasteiger partial charge in [-0.25, -0.2) is 14.5 Å². The van der Waals surface area contributed by atoms with Crippen LogP contribution in [0.1, 0.15) is 17.2 Å². The van der Waals surface area contributed by atoms with Crippen molar-refractivity contribution in [1.82, 2.24) is 30.3 Å². The van der Waals surface area contributed by atoms with Gasteiger partial charge in [-0.3, -0.25) is 0 Å². The van der Waals surface area contributed by atoms with Crippen molar-refractivity contribution in [3.63, 3.8) is 0 Å². The predicted octanol–water partition coefficient (Wildman–Crippen LogP) is 2.37. The van der Waals surface area contributed by atoms with E-state index in [-0.39, 0.29) is 12.1 Å². The third-order valence-corrected chi connectivity index (χ3v) is 4.29. The fraction of sp³-hybridized carbons (Fsp3) is 0.250. The van der Waals surface area contributed by atoms with E-state index in [0.717, 1.165) is 11.1 Å². The number of benzene rings is 1. The number of aromatic nitrogens is 3. The molecule has 2 amide bonds. The highest BCUT2D eigenvalue weighted by molar-refractivity contribution is 5.74. The number of carbonyl (C=O) groups is 1. The molecule has 0 saturated carbocycles. The quantitative estimate of drug-likeness (QED) is 0.675. The molecular weight excluding hydrogens is 340 g/mol. The number of amides is 2. The van der Waals surface area contributed by atoms with Gasteiger partial charge in [-0.2, -0.15) is 5.10 Å². The molecule has 2 heterocycles. The van der Waals surface area contributed by atoms with Crippen LogP contribution in [0.25, 0.3) is 5.82 Å². The van der Waals surface area contributed by atoms with Crippen molar-refractivity contribution in [2.45, 2.75) is 12.6 Å². The second kappa shape index (κ2) is 8.95. The Bertz CT molecular complexity index is 848. The zero-order valence-corrected chi connectivity index (χ0v) is 15.5. The average molecular weight is 364 g/mol.